The third kappa shape index (κ3) is 33.3. The average molecular weight is 1980 g/mol. The van der Waals surface area contributed by atoms with Crippen LogP contribution in [0, 0.1) is 30.6 Å². The number of benzene rings is 4. The second-order valence-corrected chi connectivity index (χ2v) is 40.5. The van der Waals surface area contributed by atoms with E-state index in [1.165, 1.54) is 44.7 Å². The summed E-state index contributed by atoms with van der Waals surface area (Å²) in [6.07, 6.45) is 3.39. The third-order valence-electron chi connectivity index (χ3n) is 25.4. The summed E-state index contributed by atoms with van der Waals surface area (Å²) in [6, 6.07) is 32.5. The Bertz CT molecular complexity index is 5480. The minimum Gasteiger partial charge on any atom is -0.481 e. The SMILES string of the molecule is Cc1ncsc1-c1ccc(CNC(=O)[C@@H]2C[C@@H](O)CN2C(=O)[C@@H](NC(=O)CCOCCOCCC(=O)N2CC(Cc3cc(C(=O)NC[C@H](O)CN4CCc5ccccc5C4)ncn3)C2)C(C)(C)C)cc1.Cc1ncsc1-c1ccc(CNC(=O)[C@@H]2C[C@@H](O)CN2C(=O)[C@@H](NC(=O)CCOCCOCCC(=O)O)C(C)(C)C)cc1.O=C(CC[C@H](O)CN1CCc2ccccc2C1)c1cc(NC2CNC2)ncn1. The van der Waals surface area contributed by atoms with Gasteiger partial charge in [0.05, 0.1) is 128 Å². The topological polar surface area (TPSA) is 487 Å². The third-order valence-corrected chi connectivity index (χ3v) is 27.4. The van der Waals surface area contributed by atoms with Crippen LogP contribution in [0.3, 0.4) is 0 Å². The van der Waals surface area contributed by atoms with E-state index in [4.69, 9.17) is 24.1 Å². The number of carboxylic acid groups (broad SMARTS) is 1. The molecule has 0 spiro atoms. The quantitative estimate of drug-likeness (QED) is 0.0153. The number of Topliss-reactive ketones (excluding diaryl/α,β-unsaturated/α-hetero) is 1. The lowest BCUT2D eigenvalue weighted by Gasteiger charge is -2.39. The molecular formula is C102H136N18O19S2. The molecule has 12 N–H and O–H groups in total. The lowest BCUT2D eigenvalue weighted by atomic mass is 9.85. The van der Waals surface area contributed by atoms with Crippen molar-refractivity contribution in [1.29, 1.82) is 0 Å². The van der Waals surface area contributed by atoms with Gasteiger partial charge in [0.2, 0.25) is 41.4 Å². The number of likely N-dealkylation sites (tertiary alicyclic amines) is 3. The molecule has 760 valence electrons. The van der Waals surface area contributed by atoms with Gasteiger partial charge < -0.3 is 96.4 Å². The Morgan fingerprint density at radius 2 is 0.979 bits per heavy atom. The molecule has 14 rings (SSSR count). The fourth-order valence-electron chi connectivity index (χ4n) is 17.4. The number of aliphatic hydroxyl groups is 4. The van der Waals surface area contributed by atoms with Gasteiger partial charge in [0.15, 0.2) is 5.78 Å². The molecule has 8 atom stereocenters. The number of ether oxygens (including phenoxy) is 4. The van der Waals surface area contributed by atoms with E-state index < -0.39 is 89.0 Å². The van der Waals surface area contributed by atoms with Crippen LogP contribution in [0.5, 0.6) is 0 Å². The van der Waals surface area contributed by atoms with Gasteiger partial charge in [-0.3, -0.25) is 57.7 Å². The molecule has 4 aromatic heterocycles. The number of thiazole rings is 2. The summed E-state index contributed by atoms with van der Waals surface area (Å²) in [5, 5.41) is 71.3. The first-order valence-corrected chi connectivity index (χ1v) is 50.2. The number of hydrogen-bond donors (Lipinski definition) is 12. The van der Waals surface area contributed by atoms with Crippen LogP contribution in [0.15, 0.2) is 133 Å². The van der Waals surface area contributed by atoms with Crippen LogP contribution in [0.4, 0.5) is 5.82 Å². The fourth-order valence-corrected chi connectivity index (χ4v) is 19.0. The molecular weight excluding hydrogens is 1850 g/mol. The summed E-state index contributed by atoms with van der Waals surface area (Å²) in [7, 11) is 0. The first kappa shape index (κ1) is 108. The van der Waals surface area contributed by atoms with Crippen LogP contribution in [-0.2, 0) is 103 Å². The second-order valence-electron chi connectivity index (χ2n) is 38.8. The van der Waals surface area contributed by atoms with E-state index in [1.54, 1.807) is 45.2 Å². The number of carboxylic acids is 1. The molecule has 0 bridgehead atoms. The second kappa shape index (κ2) is 53.1. The monoisotopic (exact) mass is 1980 g/mol. The van der Waals surface area contributed by atoms with Gasteiger partial charge in [-0.25, -0.2) is 29.9 Å². The van der Waals surface area contributed by atoms with E-state index in [9.17, 15) is 68.4 Å². The Hall–Kier alpha value is -11.4. The number of aliphatic carboxylic acids is 1. The summed E-state index contributed by atoms with van der Waals surface area (Å²) in [4.78, 5) is 165. The number of aromatic nitrogens is 6. The maximum atomic E-state index is 14.0. The molecule has 4 aromatic carbocycles. The van der Waals surface area contributed by atoms with Crippen molar-refractivity contribution in [3.63, 3.8) is 0 Å². The standard InChI is InChI=1S/C51H67N9O9S.C30H42N4O8S.C21H27N5O2/c1-33-46(70-32-56-33)37-11-9-34(10-12-37)24-52-49(66)43-23-40(61)30-60(43)50(67)47(51(2,3)4)57-44(63)14-17-68-19-20-69-18-15-45(64)59-26-35(27-59)21-39-22-42(55-31-54-39)48(65)53-25-41(62)29-58-16-13-36-7-5-6-8-38(36)28-58;1-19-26(43-18-32-19)21-7-5-20(6-8-21)16-31-28(39)23-15-22(35)17-34(23)29(40)27(30(2,3)4)33-24(36)9-11-41-13-14-42-12-10-25(37)38;27-18(13-26-8-7-15-3-1-2-4-16(15)12-26)5-6-20(28)19-9-21(24-14-23-19)25-17-10-22-11-17/h5-12,22,31-32,35,40-41,43,47,61-62H,13-21,23-30H2,1-4H3,(H,52,66)(H,53,65)(H,57,63);5-8,18,22-23,27,35H,9-17H2,1-4H3,(H,31,39)(H,33,36)(H,37,38);1-4,9,14,17-18,22,27H,5-8,10-13H2,(H,23,24,25)/t40-,41+,43+,47-;22-,23+,27-;18-/m110/s1. The number of rotatable bonds is 45. The highest BCUT2D eigenvalue weighted by Crippen LogP contribution is 2.33. The summed E-state index contributed by atoms with van der Waals surface area (Å²) >= 11 is 3.14. The first-order chi connectivity index (χ1) is 67.6. The molecule has 4 saturated heterocycles. The number of hydrogen-bond acceptors (Lipinski definition) is 30. The summed E-state index contributed by atoms with van der Waals surface area (Å²) in [5.41, 5.74) is 14.7. The van der Waals surface area contributed by atoms with E-state index >= 15 is 0 Å². The van der Waals surface area contributed by atoms with E-state index in [2.05, 4.69) is 113 Å². The molecule has 8 amide bonds. The molecule has 37 nitrogen and oxygen atoms in total. The number of aliphatic hydroxyl groups excluding tert-OH is 4. The number of β-amino-alcohol motifs (C(OH)–C–C–N with tert-alkyl or cyclic N) is 4. The lowest BCUT2D eigenvalue weighted by Crippen LogP contribution is -2.57. The van der Waals surface area contributed by atoms with Crippen molar-refractivity contribution in [3.8, 4) is 20.9 Å². The number of nitrogens with one attached hydrogen (secondary N) is 7. The van der Waals surface area contributed by atoms with Gasteiger partial charge in [-0.2, -0.15) is 0 Å². The molecule has 0 saturated carbocycles. The van der Waals surface area contributed by atoms with E-state index in [-0.39, 0.29) is 172 Å². The van der Waals surface area contributed by atoms with Crippen molar-refractivity contribution in [2.24, 2.45) is 16.7 Å². The Balaban J connectivity index is 0.000000211. The maximum absolute atomic E-state index is 14.0. The van der Waals surface area contributed by atoms with Crippen molar-refractivity contribution >= 4 is 87.5 Å². The molecule has 10 heterocycles. The molecule has 0 aliphatic carbocycles. The highest BCUT2D eigenvalue weighted by Gasteiger charge is 2.47. The van der Waals surface area contributed by atoms with Gasteiger partial charge in [0.1, 0.15) is 54.0 Å². The van der Waals surface area contributed by atoms with Crippen molar-refractivity contribution in [3.05, 3.63) is 195 Å². The first-order valence-electron chi connectivity index (χ1n) is 48.4. The zero-order valence-electron chi connectivity index (χ0n) is 81.7. The Morgan fingerprint density at radius 3 is 1.44 bits per heavy atom. The number of ketones is 1. The Morgan fingerprint density at radius 1 is 0.518 bits per heavy atom. The minimum atomic E-state index is -0.953. The smallest absolute Gasteiger partial charge is 0.305 e. The maximum Gasteiger partial charge on any atom is 0.305 e. The molecule has 6 aliphatic rings. The Labute approximate surface area is 830 Å². The van der Waals surface area contributed by atoms with Crippen molar-refractivity contribution in [2.45, 2.75) is 207 Å². The van der Waals surface area contributed by atoms with Crippen LogP contribution in [0.25, 0.3) is 20.9 Å². The number of anilines is 1. The van der Waals surface area contributed by atoms with E-state index in [0.717, 1.165) is 95.5 Å². The molecule has 6 aliphatic heterocycles. The molecule has 4 fully saturated rings. The number of amides is 8. The van der Waals surface area contributed by atoms with Crippen LogP contribution in [0.2, 0.25) is 0 Å². The van der Waals surface area contributed by atoms with Crippen molar-refractivity contribution in [2.75, 3.05) is 130 Å². The van der Waals surface area contributed by atoms with Crippen LogP contribution < -0.4 is 37.2 Å². The predicted molar refractivity (Wildman–Crippen MR) is 530 cm³/mol. The number of carbonyl (C=O) groups is 10. The largest absolute Gasteiger partial charge is 0.481 e. The van der Waals surface area contributed by atoms with Gasteiger partial charge in [0, 0.05) is 142 Å². The predicted octanol–water partition coefficient (Wildman–Crippen LogP) is 6.05. The van der Waals surface area contributed by atoms with Gasteiger partial charge in [-0.1, -0.05) is 139 Å². The van der Waals surface area contributed by atoms with E-state index in [1.807, 2.05) is 122 Å². The van der Waals surface area contributed by atoms with Crippen molar-refractivity contribution < 1.29 is 92.4 Å². The number of nitrogens with zero attached hydrogens (tertiary/aromatic N) is 11. The summed E-state index contributed by atoms with van der Waals surface area (Å²) in [5.74, 6) is -2.92. The number of aryl methyl sites for hydroxylation is 2. The number of fused-ring (bicyclic) bond motifs is 2. The highest BCUT2D eigenvalue weighted by atomic mass is 32.1. The molecule has 0 radical (unpaired) electrons. The normalized spacial score (nSPS) is 17.9. The zero-order chi connectivity index (χ0) is 101. The summed E-state index contributed by atoms with van der Waals surface area (Å²) in [6.45, 7) is 24.2. The zero-order valence-corrected chi connectivity index (χ0v) is 83.3. The number of carbonyl (C=O) groups excluding carboxylic acids is 9. The molecule has 39 heteroatoms. The fraction of sp³-hybridized carbons (Fsp3) is 0.529. The average Bonchev–Trinajstić information content (AvgIpc) is 1.67. The van der Waals surface area contributed by atoms with E-state index in [0.29, 0.717) is 62.3 Å². The van der Waals surface area contributed by atoms with Gasteiger partial charge in [0.25, 0.3) is 5.91 Å². The lowest BCUT2D eigenvalue weighted by molar-refractivity contribution is -0.144. The van der Waals surface area contributed by atoms with Crippen LogP contribution in [0.1, 0.15) is 164 Å². The molecule has 141 heavy (non-hydrogen) atoms. The summed E-state index contributed by atoms with van der Waals surface area (Å²) < 4.78 is 21.8. The van der Waals surface area contributed by atoms with Gasteiger partial charge in [-0.15, -0.1) is 22.7 Å². The van der Waals surface area contributed by atoms with Gasteiger partial charge in [-0.05, 0) is 107 Å². The molecule has 0 unspecified atom stereocenters. The van der Waals surface area contributed by atoms with Crippen molar-refractivity contribution in [1.82, 2.24) is 86.3 Å². The highest BCUT2D eigenvalue weighted by molar-refractivity contribution is 7.13. The van der Waals surface area contributed by atoms with Crippen LogP contribution in [-0.4, -0.2) is 318 Å². The Kier molecular flexibility index (Phi) is 40.8. The van der Waals surface area contributed by atoms with Gasteiger partial charge >= 0.3 is 5.97 Å². The molecule has 8 aromatic rings. The minimum absolute atomic E-state index is 0.00286. The van der Waals surface area contributed by atoms with Crippen LogP contribution >= 0.6 is 22.7 Å².